The van der Waals surface area contributed by atoms with Crippen LogP contribution in [-0.2, 0) is 13.5 Å². The number of hydrogen-bond acceptors (Lipinski definition) is 3. The lowest BCUT2D eigenvalue weighted by molar-refractivity contribution is 0.0932. The number of nitrogens with two attached hydrogens (primary N) is 1. The molecule has 0 saturated heterocycles. The van der Waals surface area contributed by atoms with Gasteiger partial charge in [0, 0.05) is 29.6 Å². The van der Waals surface area contributed by atoms with Crippen molar-refractivity contribution in [2.45, 2.75) is 25.3 Å². The Morgan fingerprint density at radius 3 is 2.81 bits per heavy atom. The van der Waals surface area contributed by atoms with Gasteiger partial charge in [0.2, 0.25) is 0 Å². The van der Waals surface area contributed by atoms with Gasteiger partial charge in [-0.25, -0.2) is 0 Å². The van der Waals surface area contributed by atoms with Gasteiger partial charge in [0.15, 0.2) is 0 Å². The van der Waals surface area contributed by atoms with Crippen molar-refractivity contribution >= 4 is 24.0 Å². The molecule has 1 atom stereocenters. The molecular weight excluding hydrogens is 288 g/mol. The number of anilines is 1. The maximum atomic E-state index is 12.3. The zero-order chi connectivity index (χ0) is 14.1. The number of carbonyl (C=O) groups excluding carboxylic acids is 1. The smallest absolute Gasteiger partial charge is 0.251 e. The van der Waals surface area contributed by atoms with Crippen molar-refractivity contribution in [2.24, 2.45) is 7.05 Å². The number of nitrogens with zero attached hydrogens (tertiary/aromatic N) is 2. The Hall–Kier alpha value is -2.01. The third kappa shape index (κ3) is 3.03. The van der Waals surface area contributed by atoms with E-state index in [0.717, 1.165) is 24.8 Å². The summed E-state index contributed by atoms with van der Waals surface area (Å²) >= 11 is 0. The van der Waals surface area contributed by atoms with Crippen molar-refractivity contribution in [3.8, 4) is 0 Å². The fourth-order valence-corrected chi connectivity index (χ4v) is 2.73. The minimum Gasteiger partial charge on any atom is -0.399 e. The molecule has 0 fully saturated rings. The number of fused-ring (bicyclic) bond motifs is 1. The van der Waals surface area contributed by atoms with Crippen molar-refractivity contribution in [1.29, 1.82) is 0 Å². The van der Waals surface area contributed by atoms with Crippen LogP contribution in [0.25, 0.3) is 0 Å². The number of nitrogens with one attached hydrogen (secondary N) is 1. The molecule has 1 aromatic heterocycles. The molecule has 1 unspecified atom stereocenters. The molecular formula is C15H19ClN4O. The second-order valence-electron chi connectivity index (χ2n) is 5.21. The average molecular weight is 307 g/mol. The van der Waals surface area contributed by atoms with Gasteiger partial charge in [0.25, 0.3) is 5.91 Å². The van der Waals surface area contributed by atoms with E-state index in [1.807, 2.05) is 17.9 Å². The molecule has 1 aliphatic rings. The first-order chi connectivity index (χ1) is 9.65. The Labute approximate surface area is 129 Å². The van der Waals surface area contributed by atoms with Gasteiger partial charge in [-0.05, 0) is 43.5 Å². The van der Waals surface area contributed by atoms with Crippen molar-refractivity contribution in [3.05, 3.63) is 47.3 Å². The third-order valence-corrected chi connectivity index (χ3v) is 3.85. The zero-order valence-corrected chi connectivity index (χ0v) is 12.7. The van der Waals surface area contributed by atoms with Crippen molar-refractivity contribution in [1.82, 2.24) is 15.1 Å². The fraction of sp³-hybridized carbons (Fsp3) is 0.333. The normalized spacial score (nSPS) is 16.7. The Balaban J connectivity index is 0.00000161. The second-order valence-corrected chi connectivity index (χ2v) is 5.21. The summed E-state index contributed by atoms with van der Waals surface area (Å²) in [5.74, 6) is -0.0632. The topological polar surface area (TPSA) is 72.9 Å². The maximum absolute atomic E-state index is 12.3. The van der Waals surface area contributed by atoms with Gasteiger partial charge in [-0.2, -0.15) is 5.10 Å². The van der Waals surface area contributed by atoms with Crippen LogP contribution in [0.1, 0.15) is 40.5 Å². The lowest BCUT2D eigenvalue weighted by Gasteiger charge is -2.23. The molecule has 0 radical (unpaired) electrons. The van der Waals surface area contributed by atoms with E-state index in [0.29, 0.717) is 11.3 Å². The summed E-state index contributed by atoms with van der Waals surface area (Å²) in [6, 6.07) is 7.03. The fourth-order valence-electron chi connectivity index (χ4n) is 2.73. The summed E-state index contributed by atoms with van der Waals surface area (Å²) in [6.07, 6.45) is 4.92. The lowest BCUT2D eigenvalue weighted by Crippen LogP contribution is -2.30. The third-order valence-electron chi connectivity index (χ3n) is 3.85. The first-order valence-electron chi connectivity index (χ1n) is 6.82. The molecule has 3 rings (SSSR count). The molecule has 5 nitrogen and oxygen atoms in total. The van der Waals surface area contributed by atoms with Crippen molar-refractivity contribution in [3.63, 3.8) is 0 Å². The van der Waals surface area contributed by atoms with Crippen LogP contribution >= 0.6 is 12.4 Å². The number of carbonyl (C=O) groups is 1. The van der Waals surface area contributed by atoms with E-state index in [1.54, 1.807) is 24.3 Å². The molecule has 6 heteroatoms. The van der Waals surface area contributed by atoms with Gasteiger partial charge < -0.3 is 11.1 Å². The monoisotopic (exact) mass is 306 g/mol. The Morgan fingerprint density at radius 1 is 1.38 bits per heavy atom. The number of aryl methyl sites for hydroxylation is 1. The van der Waals surface area contributed by atoms with E-state index in [1.165, 1.54) is 5.69 Å². The molecule has 21 heavy (non-hydrogen) atoms. The number of nitrogen functional groups attached to an aromatic ring is 1. The van der Waals surface area contributed by atoms with E-state index in [-0.39, 0.29) is 24.4 Å². The molecule has 3 N–H and O–H groups in total. The van der Waals surface area contributed by atoms with Gasteiger partial charge in [0.05, 0.1) is 12.2 Å². The van der Waals surface area contributed by atoms with Crippen LogP contribution in [0.5, 0.6) is 0 Å². The molecule has 1 amide bonds. The van der Waals surface area contributed by atoms with E-state index >= 15 is 0 Å². The van der Waals surface area contributed by atoms with Crippen molar-refractivity contribution < 1.29 is 4.79 Å². The van der Waals surface area contributed by atoms with Crippen LogP contribution in [0, 0.1) is 0 Å². The van der Waals surface area contributed by atoms with E-state index in [4.69, 9.17) is 5.73 Å². The number of hydrogen-bond donors (Lipinski definition) is 2. The van der Waals surface area contributed by atoms with Crippen LogP contribution in [0.15, 0.2) is 30.5 Å². The minimum atomic E-state index is -0.0632. The molecule has 0 spiro atoms. The van der Waals surface area contributed by atoms with Crippen LogP contribution < -0.4 is 11.1 Å². The summed E-state index contributed by atoms with van der Waals surface area (Å²) in [7, 11) is 1.95. The number of amides is 1. The Bertz CT molecular complexity index is 636. The molecule has 0 saturated carbocycles. The molecule has 2 aromatic rings. The largest absolute Gasteiger partial charge is 0.399 e. The minimum absolute atomic E-state index is 0. The summed E-state index contributed by atoms with van der Waals surface area (Å²) in [4.78, 5) is 12.3. The molecule has 1 aliphatic carbocycles. The quantitative estimate of drug-likeness (QED) is 0.836. The highest BCUT2D eigenvalue weighted by Gasteiger charge is 2.24. The van der Waals surface area contributed by atoms with Gasteiger partial charge in [0.1, 0.15) is 0 Å². The molecule has 0 bridgehead atoms. The maximum Gasteiger partial charge on any atom is 0.251 e. The highest BCUT2D eigenvalue weighted by Crippen LogP contribution is 2.29. The highest BCUT2D eigenvalue weighted by atomic mass is 35.5. The molecule has 1 heterocycles. The zero-order valence-electron chi connectivity index (χ0n) is 11.9. The van der Waals surface area contributed by atoms with Gasteiger partial charge in [-0.1, -0.05) is 0 Å². The van der Waals surface area contributed by atoms with Crippen molar-refractivity contribution in [2.75, 3.05) is 5.73 Å². The molecule has 0 aliphatic heterocycles. The number of aromatic nitrogens is 2. The average Bonchev–Trinajstić information content (AvgIpc) is 2.82. The van der Waals surface area contributed by atoms with Gasteiger partial charge in [-0.15, -0.1) is 12.4 Å². The second kappa shape index (κ2) is 6.18. The summed E-state index contributed by atoms with van der Waals surface area (Å²) in [5, 5.41) is 7.38. The van der Waals surface area contributed by atoms with E-state index < -0.39 is 0 Å². The van der Waals surface area contributed by atoms with Crippen LogP contribution in [0.2, 0.25) is 0 Å². The van der Waals surface area contributed by atoms with Crippen LogP contribution in [0.4, 0.5) is 5.69 Å². The molecule has 1 aromatic carbocycles. The van der Waals surface area contributed by atoms with E-state index in [9.17, 15) is 4.79 Å². The first kappa shape index (κ1) is 15.4. The predicted molar refractivity (Wildman–Crippen MR) is 84.5 cm³/mol. The Kier molecular flexibility index (Phi) is 4.53. The predicted octanol–water partition coefficient (Wildman–Crippen LogP) is 2.23. The summed E-state index contributed by atoms with van der Waals surface area (Å²) in [5.41, 5.74) is 9.29. The van der Waals surface area contributed by atoms with Gasteiger partial charge in [-0.3, -0.25) is 9.48 Å². The van der Waals surface area contributed by atoms with Crippen LogP contribution in [-0.4, -0.2) is 15.7 Å². The number of halogens is 1. The number of benzene rings is 1. The number of rotatable bonds is 2. The summed E-state index contributed by atoms with van der Waals surface area (Å²) in [6.45, 7) is 0. The first-order valence-corrected chi connectivity index (χ1v) is 6.82. The standard InChI is InChI=1S/C15H18N4O.ClH/c1-19-14-4-2-3-13(12(14)9-17-19)18-15(20)10-5-7-11(16)8-6-10;/h5-9,13H,2-4,16H2,1H3,(H,18,20);1H. The summed E-state index contributed by atoms with van der Waals surface area (Å²) < 4.78 is 1.90. The SMILES string of the molecule is Cl.Cn1ncc2c1CCCC2NC(=O)c1ccc(N)cc1. The molecule has 112 valence electrons. The highest BCUT2D eigenvalue weighted by molar-refractivity contribution is 5.94. The van der Waals surface area contributed by atoms with Gasteiger partial charge >= 0.3 is 0 Å². The Morgan fingerprint density at radius 2 is 2.10 bits per heavy atom. The van der Waals surface area contributed by atoms with E-state index in [2.05, 4.69) is 10.4 Å². The van der Waals surface area contributed by atoms with Crippen LogP contribution in [0.3, 0.4) is 0 Å². The lowest BCUT2D eigenvalue weighted by atomic mass is 9.93.